The molecule has 0 saturated carbocycles. The van der Waals surface area contributed by atoms with E-state index in [-0.39, 0.29) is 0 Å². The summed E-state index contributed by atoms with van der Waals surface area (Å²) in [6.07, 6.45) is 2.78. The highest BCUT2D eigenvalue weighted by atomic mass is 15.3. The Morgan fingerprint density at radius 3 is 2.75 bits per heavy atom. The van der Waals surface area contributed by atoms with Crippen molar-refractivity contribution < 1.29 is 0 Å². The molecule has 0 aliphatic carbocycles. The molecule has 1 aromatic rings. The Hall–Kier alpha value is -0.860. The SMILES string of the molecule is CN1CC2CCCN2CC1c1ccccc1. The Labute approximate surface area is 97.9 Å². The van der Waals surface area contributed by atoms with E-state index in [0.29, 0.717) is 6.04 Å². The van der Waals surface area contributed by atoms with Crippen LogP contribution in [0.3, 0.4) is 0 Å². The van der Waals surface area contributed by atoms with Crippen LogP contribution in [-0.4, -0.2) is 42.5 Å². The molecule has 2 atom stereocenters. The molecule has 86 valence electrons. The Bertz CT molecular complexity index is 349. The summed E-state index contributed by atoms with van der Waals surface area (Å²) in [6, 6.07) is 12.3. The second kappa shape index (κ2) is 4.19. The van der Waals surface area contributed by atoms with Gasteiger partial charge in [0.25, 0.3) is 0 Å². The van der Waals surface area contributed by atoms with E-state index in [0.717, 1.165) is 6.04 Å². The number of benzene rings is 1. The fraction of sp³-hybridized carbons (Fsp3) is 0.571. The van der Waals surface area contributed by atoms with Gasteiger partial charge in [0, 0.05) is 25.2 Å². The molecule has 0 bridgehead atoms. The van der Waals surface area contributed by atoms with E-state index in [4.69, 9.17) is 0 Å². The van der Waals surface area contributed by atoms with Gasteiger partial charge in [-0.1, -0.05) is 30.3 Å². The largest absolute Gasteiger partial charge is 0.297 e. The Morgan fingerprint density at radius 1 is 1.12 bits per heavy atom. The van der Waals surface area contributed by atoms with E-state index in [2.05, 4.69) is 47.2 Å². The van der Waals surface area contributed by atoms with Gasteiger partial charge < -0.3 is 0 Å². The summed E-state index contributed by atoms with van der Waals surface area (Å²) in [7, 11) is 2.27. The molecule has 1 aromatic carbocycles. The van der Waals surface area contributed by atoms with E-state index in [1.165, 1.54) is 38.0 Å². The standard InChI is InChI=1S/C14H20N2/c1-15-10-13-8-5-9-16(13)11-14(15)12-6-3-2-4-7-12/h2-4,6-7,13-14H,5,8-11H2,1H3. The molecule has 2 aliphatic rings. The summed E-state index contributed by atoms with van der Waals surface area (Å²) < 4.78 is 0. The molecule has 2 heteroatoms. The summed E-state index contributed by atoms with van der Waals surface area (Å²) in [6.45, 7) is 3.76. The molecule has 2 unspecified atom stereocenters. The lowest BCUT2D eigenvalue weighted by atomic mass is 10.0. The van der Waals surface area contributed by atoms with Crippen LogP contribution in [-0.2, 0) is 0 Å². The zero-order valence-electron chi connectivity index (χ0n) is 9.97. The topological polar surface area (TPSA) is 6.48 Å². The Morgan fingerprint density at radius 2 is 1.94 bits per heavy atom. The summed E-state index contributed by atoms with van der Waals surface area (Å²) >= 11 is 0. The van der Waals surface area contributed by atoms with Crippen LogP contribution in [0.2, 0.25) is 0 Å². The predicted octanol–water partition coefficient (Wildman–Crippen LogP) is 2.14. The van der Waals surface area contributed by atoms with Gasteiger partial charge in [-0.05, 0) is 32.0 Å². The van der Waals surface area contributed by atoms with Gasteiger partial charge >= 0.3 is 0 Å². The fourth-order valence-corrected chi connectivity index (χ4v) is 3.20. The normalized spacial score (nSPS) is 31.6. The first-order chi connectivity index (χ1) is 7.84. The van der Waals surface area contributed by atoms with Crippen molar-refractivity contribution in [2.45, 2.75) is 24.9 Å². The van der Waals surface area contributed by atoms with Crippen LogP contribution in [0.15, 0.2) is 30.3 Å². The number of piperazine rings is 1. The monoisotopic (exact) mass is 216 g/mol. The molecule has 2 aliphatic heterocycles. The van der Waals surface area contributed by atoms with E-state index in [9.17, 15) is 0 Å². The Balaban J connectivity index is 1.80. The molecule has 0 amide bonds. The first-order valence-corrected chi connectivity index (χ1v) is 6.34. The van der Waals surface area contributed by atoms with Gasteiger partial charge in [-0.2, -0.15) is 0 Å². The average molecular weight is 216 g/mol. The molecule has 0 spiro atoms. The molecular weight excluding hydrogens is 196 g/mol. The van der Waals surface area contributed by atoms with E-state index < -0.39 is 0 Å². The van der Waals surface area contributed by atoms with Crippen LogP contribution in [0.1, 0.15) is 24.4 Å². The highest BCUT2D eigenvalue weighted by Gasteiger charge is 2.34. The number of fused-ring (bicyclic) bond motifs is 1. The van der Waals surface area contributed by atoms with Crippen LogP contribution in [0.25, 0.3) is 0 Å². The van der Waals surface area contributed by atoms with Crippen molar-refractivity contribution >= 4 is 0 Å². The summed E-state index contributed by atoms with van der Waals surface area (Å²) in [5, 5.41) is 0. The van der Waals surface area contributed by atoms with Gasteiger partial charge in [-0.3, -0.25) is 9.80 Å². The van der Waals surface area contributed by atoms with Crippen molar-refractivity contribution in [3.8, 4) is 0 Å². The number of hydrogen-bond donors (Lipinski definition) is 0. The van der Waals surface area contributed by atoms with Crippen molar-refractivity contribution in [2.75, 3.05) is 26.7 Å². The third kappa shape index (κ3) is 1.76. The van der Waals surface area contributed by atoms with E-state index in [1.807, 2.05) is 0 Å². The lowest BCUT2D eigenvalue weighted by Gasteiger charge is -2.42. The van der Waals surface area contributed by atoms with Crippen LogP contribution < -0.4 is 0 Å². The third-order valence-electron chi connectivity index (χ3n) is 4.12. The molecule has 0 N–H and O–H groups in total. The highest BCUT2D eigenvalue weighted by molar-refractivity contribution is 5.20. The molecule has 2 fully saturated rings. The number of hydrogen-bond acceptors (Lipinski definition) is 2. The van der Waals surface area contributed by atoms with Crippen LogP contribution in [0, 0.1) is 0 Å². The minimum atomic E-state index is 0.593. The van der Waals surface area contributed by atoms with Gasteiger partial charge in [0.1, 0.15) is 0 Å². The molecule has 16 heavy (non-hydrogen) atoms. The second-order valence-corrected chi connectivity index (χ2v) is 5.16. The minimum Gasteiger partial charge on any atom is -0.297 e. The number of likely N-dealkylation sites (N-methyl/N-ethyl adjacent to an activating group) is 1. The number of rotatable bonds is 1. The molecule has 2 saturated heterocycles. The molecular formula is C14H20N2. The van der Waals surface area contributed by atoms with Gasteiger partial charge in [0.2, 0.25) is 0 Å². The predicted molar refractivity (Wildman–Crippen MR) is 66.4 cm³/mol. The molecule has 3 rings (SSSR count). The first kappa shape index (κ1) is 10.3. The maximum Gasteiger partial charge on any atom is 0.0472 e. The van der Waals surface area contributed by atoms with Crippen molar-refractivity contribution in [1.29, 1.82) is 0 Å². The zero-order chi connectivity index (χ0) is 11.0. The molecule has 2 nitrogen and oxygen atoms in total. The molecule has 2 heterocycles. The van der Waals surface area contributed by atoms with Crippen molar-refractivity contribution in [1.82, 2.24) is 9.80 Å². The molecule has 0 radical (unpaired) electrons. The first-order valence-electron chi connectivity index (χ1n) is 6.34. The quantitative estimate of drug-likeness (QED) is 0.709. The summed E-state index contributed by atoms with van der Waals surface area (Å²) in [4.78, 5) is 5.21. The summed E-state index contributed by atoms with van der Waals surface area (Å²) in [5.41, 5.74) is 1.47. The van der Waals surface area contributed by atoms with Gasteiger partial charge in [0.05, 0.1) is 0 Å². The van der Waals surface area contributed by atoms with Gasteiger partial charge in [-0.15, -0.1) is 0 Å². The second-order valence-electron chi connectivity index (χ2n) is 5.16. The number of nitrogens with zero attached hydrogens (tertiary/aromatic N) is 2. The third-order valence-corrected chi connectivity index (χ3v) is 4.12. The smallest absolute Gasteiger partial charge is 0.0472 e. The zero-order valence-corrected chi connectivity index (χ0v) is 9.97. The maximum absolute atomic E-state index is 2.68. The van der Waals surface area contributed by atoms with Crippen molar-refractivity contribution in [3.05, 3.63) is 35.9 Å². The average Bonchev–Trinajstić information content (AvgIpc) is 2.76. The van der Waals surface area contributed by atoms with E-state index in [1.54, 1.807) is 0 Å². The summed E-state index contributed by atoms with van der Waals surface area (Å²) in [5.74, 6) is 0. The minimum absolute atomic E-state index is 0.593. The van der Waals surface area contributed by atoms with Crippen LogP contribution in [0.4, 0.5) is 0 Å². The lowest BCUT2D eigenvalue weighted by molar-refractivity contribution is 0.0705. The van der Waals surface area contributed by atoms with Gasteiger partial charge in [-0.25, -0.2) is 0 Å². The Kier molecular flexibility index (Phi) is 2.70. The van der Waals surface area contributed by atoms with Crippen molar-refractivity contribution in [3.63, 3.8) is 0 Å². The van der Waals surface area contributed by atoms with Crippen molar-refractivity contribution in [2.24, 2.45) is 0 Å². The van der Waals surface area contributed by atoms with Gasteiger partial charge in [0.15, 0.2) is 0 Å². The highest BCUT2D eigenvalue weighted by Crippen LogP contribution is 2.30. The lowest BCUT2D eigenvalue weighted by Crippen LogP contribution is -2.50. The van der Waals surface area contributed by atoms with E-state index >= 15 is 0 Å². The maximum atomic E-state index is 2.68. The van der Waals surface area contributed by atoms with Crippen LogP contribution in [0.5, 0.6) is 0 Å². The molecule has 0 aromatic heterocycles. The fourth-order valence-electron chi connectivity index (χ4n) is 3.20. The van der Waals surface area contributed by atoms with Crippen LogP contribution >= 0.6 is 0 Å².